The van der Waals surface area contributed by atoms with E-state index in [1.54, 1.807) is 6.07 Å². The number of amides is 1. The minimum absolute atomic E-state index is 0.0540. The summed E-state index contributed by atoms with van der Waals surface area (Å²) in [6.45, 7) is 6.67. The lowest BCUT2D eigenvalue weighted by Gasteiger charge is -2.33. The van der Waals surface area contributed by atoms with Crippen LogP contribution in [0.3, 0.4) is 0 Å². The molecule has 0 unspecified atom stereocenters. The zero-order valence-electron chi connectivity index (χ0n) is 10.8. The molecule has 6 heteroatoms. The topological polar surface area (TPSA) is 52.5 Å². The number of aromatic nitrogens is 1. The molecule has 0 saturated carbocycles. The third-order valence-electron chi connectivity index (χ3n) is 3.61. The lowest BCUT2D eigenvalue weighted by Crippen LogP contribution is -2.48. The smallest absolute Gasteiger partial charge is 0.270 e. The summed E-state index contributed by atoms with van der Waals surface area (Å²) in [4.78, 5) is 19.7. The molecule has 0 aromatic carbocycles. The molecular weight excluding hydrogens is 310 g/mol. The van der Waals surface area contributed by atoms with Crippen LogP contribution in [-0.4, -0.2) is 53.4 Å². The highest BCUT2D eigenvalue weighted by Gasteiger charge is 2.23. The molecule has 5 nitrogen and oxygen atoms in total. The molecule has 1 aliphatic rings. The second-order valence-corrected chi connectivity index (χ2v) is 5.52. The van der Waals surface area contributed by atoms with Gasteiger partial charge in [0.05, 0.1) is 5.52 Å². The highest BCUT2D eigenvalue weighted by Crippen LogP contribution is 2.24. The van der Waals surface area contributed by atoms with Crippen molar-refractivity contribution in [2.24, 2.45) is 0 Å². The molecule has 19 heavy (non-hydrogen) atoms. The van der Waals surface area contributed by atoms with Gasteiger partial charge in [0.15, 0.2) is 10.3 Å². The molecule has 0 aliphatic carbocycles. The molecule has 0 spiro atoms. The quantitative estimate of drug-likeness (QED) is 0.921. The van der Waals surface area contributed by atoms with Crippen LogP contribution in [0.25, 0.3) is 11.1 Å². The molecular formula is C13H16BrN3O2. The third-order valence-corrected chi connectivity index (χ3v) is 4.00. The molecule has 0 atom stereocenters. The summed E-state index contributed by atoms with van der Waals surface area (Å²) in [6, 6.07) is 3.61. The highest BCUT2D eigenvalue weighted by molar-refractivity contribution is 9.10. The first-order chi connectivity index (χ1) is 9.17. The van der Waals surface area contributed by atoms with Crippen molar-refractivity contribution in [2.45, 2.75) is 6.92 Å². The van der Waals surface area contributed by atoms with Gasteiger partial charge in [0, 0.05) is 38.3 Å². The standard InChI is InChI=1S/C13H16BrN3O2/c1-2-16-3-5-17(6-4-16)13(18)10-7-11-9(15-10)8-12(14)19-11/h7-8,15H,2-6H2,1H3. The van der Waals surface area contributed by atoms with Gasteiger partial charge in [-0.1, -0.05) is 6.92 Å². The minimum atomic E-state index is 0.0540. The van der Waals surface area contributed by atoms with Crippen molar-refractivity contribution < 1.29 is 9.21 Å². The van der Waals surface area contributed by atoms with E-state index in [1.807, 2.05) is 11.0 Å². The van der Waals surface area contributed by atoms with Crippen molar-refractivity contribution >= 4 is 32.9 Å². The van der Waals surface area contributed by atoms with Crippen molar-refractivity contribution in [1.29, 1.82) is 0 Å². The van der Waals surface area contributed by atoms with Crippen LogP contribution in [0, 0.1) is 0 Å². The van der Waals surface area contributed by atoms with Crippen molar-refractivity contribution in [1.82, 2.24) is 14.8 Å². The van der Waals surface area contributed by atoms with Gasteiger partial charge in [-0.05, 0) is 22.5 Å². The van der Waals surface area contributed by atoms with Crippen LogP contribution in [-0.2, 0) is 0 Å². The number of piperazine rings is 1. The summed E-state index contributed by atoms with van der Waals surface area (Å²) >= 11 is 3.27. The van der Waals surface area contributed by atoms with Crippen LogP contribution in [0.15, 0.2) is 21.2 Å². The second-order valence-electron chi connectivity index (χ2n) is 4.74. The summed E-state index contributed by atoms with van der Waals surface area (Å²) in [5.74, 6) is 0.0540. The van der Waals surface area contributed by atoms with Crippen molar-refractivity contribution in [3.05, 3.63) is 22.5 Å². The fourth-order valence-corrected chi connectivity index (χ4v) is 2.85. The minimum Gasteiger partial charge on any atom is -0.448 e. The van der Waals surface area contributed by atoms with Crippen LogP contribution in [0.4, 0.5) is 0 Å². The van der Waals surface area contributed by atoms with Crippen molar-refractivity contribution in [3.8, 4) is 0 Å². The first-order valence-corrected chi connectivity index (χ1v) is 7.26. The molecule has 1 fully saturated rings. The van der Waals surface area contributed by atoms with E-state index in [2.05, 4.69) is 32.7 Å². The predicted molar refractivity (Wildman–Crippen MR) is 76.3 cm³/mol. The maximum absolute atomic E-state index is 12.4. The van der Waals surface area contributed by atoms with Gasteiger partial charge in [-0.15, -0.1) is 0 Å². The number of carbonyl (C=O) groups excluding carboxylic acids is 1. The number of nitrogens with zero attached hydrogens (tertiary/aromatic N) is 2. The number of carbonyl (C=O) groups is 1. The van der Waals surface area contributed by atoms with E-state index >= 15 is 0 Å². The van der Waals surface area contributed by atoms with Crippen molar-refractivity contribution in [3.63, 3.8) is 0 Å². The Bertz CT molecular complexity index is 565. The first kappa shape index (κ1) is 12.7. The number of rotatable bonds is 2. The number of halogens is 1. The molecule has 0 bridgehead atoms. The number of aromatic amines is 1. The Balaban J connectivity index is 1.74. The highest BCUT2D eigenvalue weighted by atomic mass is 79.9. The van der Waals surface area contributed by atoms with E-state index in [1.165, 1.54) is 0 Å². The average molecular weight is 326 g/mol. The summed E-state index contributed by atoms with van der Waals surface area (Å²) in [7, 11) is 0. The Kier molecular flexibility index (Phi) is 3.36. The lowest BCUT2D eigenvalue weighted by molar-refractivity contribution is 0.0638. The van der Waals surface area contributed by atoms with Gasteiger partial charge in [-0.3, -0.25) is 4.79 Å². The Morgan fingerprint density at radius 1 is 1.37 bits per heavy atom. The number of furan rings is 1. The third kappa shape index (κ3) is 2.42. The number of likely N-dealkylation sites (N-methyl/N-ethyl adjacent to an activating group) is 1. The summed E-state index contributed by atoms with van der Waals surface area (Å²) in [5, 5.41) is 0. The van der Waals surface area contributed by atoms with Crippen LogP contribution >= 0.6 is 15.9 Å². The maximum Gasteiger partial charge on any atom is 0.270 e. The van der Waals surface area contributed by atoms with Crippen LogP contribution < -0.4 is 0 Å². The van der Waals surface area contributed by atoms with Crippen LogP contribution in [0.1, 0.15) is 17.4 Å². The Hall–Kier alpha value is -1.27. The monoisotopic (exact) mass is 325 g/mol. The van der Waals surface area contributed by atoms with Crippen LogP contribution in [0.2, 0.25) is 0 Å². The molecule has 3 heterocycles. The Morgan fingerprint density at radius 3 is 2.74 bits per heavy atom. The van der Waals surface area contributed by atoms with Gasteiger partial charge in [0.1, 0.15) is 5.69 Å². The van der Waals surface area contributed by atoms with E-state index in [0.29, 0.717) is 15.9 Å². The van der Waals surface area contributed by atoms with E-state index in [9.17, 15) is 4.79 Å². The van der Waals surface area contributed by atoms with Crippen molar-refractivity contribution in [2.75, 3.05) is 32.7 Å². The maximum atomic E-state index is 12.4. The van der Waals surface area contributed by atoms with E-state index in [0.717, 1.165) is 38.2 Å². The molecule has 1 amide bonds. The molecule has 1 saturated heterocycles. The molecule has 1 aliphatic heterocycles. The van der Waals surface area contributed by atoms with Gasteiger partial charge >= 0.3 is 0 Å². The van der Waals surface area contributed by atoms with E-state index in [-0.39, 0.29) is 5.91 Å². The number of H-pyrrole nitrogens is 1. The van der Waals surface area contributed by atoms with Gasteiger partial charge < -0.3 is 19.2 Å². The van der Waals surface area contributed by atoms with Gasteiger partial charge in [0.25, 0.3) is 5.91 Å². The van der Waals surface area contributed by atoms with Gasteiger partial charge in [0.2, 0.25) is 0 Å². The Morgan fingerprint density at radius 2 is 2.11 bits per heavy atom. The summed E-state index contributed by atoms with van der Waals surface area (Å²) in [5.41, 5.74) is 2.16. The van der Waals surface area contributed by atoms with Gasteiger partial charge in [-0.2, -0.15) is 0 Å². The first-order valence-electron chi connectivity index (χ1n) is 6.47. The van der Waals surface area contributed by atoms with E-state index in [4.69, 9.17) is 4.42 Å². The zero-order valence-corrected chi connectivity index (χ0v) is 12.4. The molecule has 2 aromatic heterocycles. The molecule has 102 valence electrons. The fraction of sp³-hybridized carbons (Fsp3) is 0.462. The number of fused-ring (bicyclic) bond motifs is 1. The van der Waals surface area contributed by atoms with Crippen LogP contribution in [0.5, 0.6) is 0 Å². The largest absolute Gasteiger partial charge is 0.448 e. The SMILES string of the molecule is CCN1CCN(C(=O)c2cc3oc(Br)cc3[nH]2)CC1. The Labute approximate surface area is 119 Å². The average Bonchev–Trinajstić information content (AvgIpc) is 2.95. The molecule has 2 aromatic rings. The second kappa shape index (κ2) is 5.02. The van der Waals surface area contributed by atoms with E-state index < -0.39 is 0 Å². The predicted octanol–water partition coefficient (Wildman–Crippen LogP) is 2.30. The summed E-state index contributed by atoms with van der Waals surface area (Å²) in [6.07, 6.45) is 0. The number of hydrogen-bond donors (Lipinski definition) is 1. The lowest BCUT2D eigenvalue weighted by atomic mass is 10.3. The zero-order chi connectivity index (χ0) is 13.4. The molecule has 3 rings (SSSR count). The summed E-state index contributed by atoms with van der Waals surface area (Å²) < 4.78 is 6.10. The number of nitrogens with one attached hydrogen (secondary N) is 1. The molecule has 0 radical (unpaired) electrons. The van der Waals surface area contributed by atoms with Gasteiger partial charge in [-0.25, -0.2) is 0 Å². The fourth-order valence-electron chi connectivity index (χ4n) is 2.44. The number of hydrogen-bond acceptors (Lipinski definition) is 3. The normalized spacial score (nSPS) is 17.3. The molecule has 1 N–H and O–H groups in total.